The highest BCUT2D eigenvalue weighted by Crippen LogP contribution is 2.16. The first-order valence-electron chi connectivity index (χ1n) is 8.48. The van der Waals surface area contributed by atoms with Crippen LogP contribution < -0.4 is 10.9 Å². The summed E-state index contributed by atoms with van der Waals surface area (Å²) in [5, 5.41) is 2.93. The van der Waals surface area contributed by atoms with Gasteiger partial charge in [-0.2, -0.15) is 0 Å². The molecule has 0 spiro atoms. The first-order chi connectivity index (χ1) is 11.7. The van der Waals surface area contributed by atoms with Crippen molar-refractivity contribution in [2.75, 3.05) is 13.1 Å². The van der Waals surface area contributed by atoms with Crippen LogP contribution in [0, 0.1) is 0 Å². The summed E-state index contributed by atoms with van der Waals surface area (Å²) >= 11 is 0. The molecule has 0 bridgehead atoms. The molecule has 2 heterocycles. The standard InChI is InChI=1S/C19H23N3O2/c23-18-9-8-16(13-20-18)19(24)21-12-15-6-2-3-7-17(15)14-22-10-4-1-5-11-22/h2-3,6-9,13H,1,4-5,10-12,14H2,(H,20,23)(H,21,24). The van der Waals surface area contributed by atoms with Crippen molar-refractivity contribution < 1.29 is 4.79 Å². The fourth-order valence-corrected chi connectivity index (χ4v) is 3.07. The second-order valence-electron chi connectivity index (χ2n) is 6.23. The average Bonchev–Trinajstić information content (AvgIpc) is 2.62. The molecule has 3 rings (SSSR count). The number of aromatic amines is 1. The Hall–Kier alpha value is -2.40. The number of pyridine rings is 1. The van der Waals surface area contributed by atoms with Gasteiger partial charge >= 0.3 is 0 Å². The summed E-state index contributed by atoms with van der Waals surface area (Å²) in [6.07, 6.45) is 5.31. The van der Waals surface area contributed by atoms with Crippen LogP contribution in [-0.2, 0) is 13.1 Å². The molecule has 5 nitrogen and oxygen atoms in total. The number of amides is 1. The van der Waals surface area contributed by atoms with Crippen molar-refractivity contribution >= 4 is 5.91 Å². The highest BCUT2D eigenvalue weighted by atomic mass is 16.1. The van der Waals surface area contributed by atoms with Crippen molar-refractivity contribution in [3.63, 3.8) is 0 Å². The fourth-order valence-electron chi connectivity index (χ4n) is 3.07. The third-order valence-electron chi connectivity index (χ3n) is 4.45. The van der Waals surface area contributed by atoms with Gasteiger partial charge in [0.15, 0.2) is 0 Å². The molecule has 1 aliphatic rings. The summed E-state index contributed by atoms with van der Waals surface area (Å²) in [5.41, 5.74) is 2.66. The van der Waals surface area contributed by atoms with E-state index in [1.54, 1.807) is 0 Å². The summed E-state index contributed by atoms with van der Waals surface area (Å²) in [4.78, 5) is 28.3. The van der Waals surface area contributed by atoms with Crippen molar-refractivity contribution in [3.8, 4) is 0 Å². The number of likely N-dealkylation sites (tertiary alicyclic amines) is 1. The Bertz CT molecular complexity index is 728. The first-order valence-corrected chi connectivity index (χ1v) is 8.48. The Morgan fingerprint density at radius 3 is 2.50 bits per heavy atom. The minimum atomic E-state index is -0.210. The molecule has 1 saturated heterocycles. The van der Waals surface area contributed by atoms with Gasteiger partial charge in [-0.15, -0.1) is 0 Å². The number of H-pyrrole nitrogens is 1. The van der Waals surface area contributed by atoms with Crippen LogP contribution in [-0.4, -0.2) is 28.9 Å². The van der Waals surface area contributed by atoms with E-state index in [4.69, 9.17) is 0 Å². The number of aromatic nitrogens is 1. The van der Waals surface area contributed by atoms with Crippen molar-refractivity contribution in [2.45, 2.75) is 32.4 Å². The van der Waals surface area contributed by atoms with E-state index in [2.05, 4.69) is 27.3 Å². The maximum absolute atomic E-state index is 12.2. The van der Waals surface area contributed by atoms with Crippen molar-refractivity contribution in [2.24, 2.45) is 0 Å². The van der Waals surface area contributed by atoms with Crippen LogP contribution in [0.15, 0.2) is 47.4 Å². The number of hydrogen-bond acceptors (Lipinski definition) is 3. The predicted octanol–water partition coefficient (Wildman–Crippen LogP) is 2.29. The number of benzene rings is 1. The third kappa shape index (κ3) is 4.32. The zero-order valence-electron chi connectivity index (χ0n) is 13.8. The molecule has 24 heavy (non-hydrogen) atoms. The molecule has 1 aromatic carbocycles. The Morgan fingerprint density at radius 1 is 1.04 bits per heavy atom. The minimum absolute atomic E-state index is 0.181. The van der Waals surface area contributed by atoms with Gasteiger partial charge in [-0.05, 0) is 43.1 Å². The van der Waals surface area contributed by atoms with Gasteiger partial charge in [0.2, 0.25) is 5.56 Å². The Labute approximate surface area is 141 Å². The molecule has 1 amide bonds. The number of nitrogens with one attached hydrogen (secondary N) is 2. The highest BCUT2D eigenvalue weighted by Gasteiger charge is 2.13. The lowest BCUT2D eigenvalue weighted by Crippen LogP contribution is -2.30. The summed E-state index contributed by atoms with van der Waals surface area (Å²) in [6, 6.07) is 11.1. The molecule has 2 N–H and O–H groups in total. The molecular formula is C19H23N3O2. The zero-order valence-corrected chi connectivity index (χ0v) is 13.8. The number of piperidine rings is 1. The smallest absolute Gasteiger partial charge is 0.253 e. The molecule has 0 saturated carbocycles. The second-order valence-corrected chi connectivity index (χ2v) is 6.23. The molecule has 0 aliphatic carbocycles. The average molecular weight is 325 g/mol. The molecule has 2 aromatic rings. The molecule has 0 unspecified atom stereocenters. The van der Waals surface area contributed by atoms with Crippen molar-refractivity contribution in [1.82, 2.24) is 15.2 Å². The summed E-state index contributed by atoms with van der Waals surface area (Å²) < 4.78 is 0. The Morgan fingerprint density at radius 2 is 1.79 bits per heavy atom. The van der Waals surface area contributed by atoms with Gasteiger partial charge in [0.1, 0.15) is 0 Å². The van der Waals surface area contributed by atoms with Crippen molar-refractivity contribution in [1.29, 1.82) is 0 Å². The van der Waals surface area contributed by atoms with Crippen LogP contribution in [0.5, 0.6) is 0 Å². The second kappa shape index (κ2) is 7.93. The predicted molar refractivity (Wildman–Crippen MR) is 93.8 cm³/mol. The monoisotopic (exact) mass is 325 g/mol. The van der Waals surface area contributed by atoms with E-state index in [1.807, 2.05) is 12.1 Å². The van der Waals surface area contributed by atoms with E-state index in [9.17, 15) is 9.59 Å². The molecule has 5 heteroatoms. The number of rotatable bonds is 5. The maximum Gasteiger partial charge on any atom is 0.253 e. The van der Waals surface area contributed by atoms with E-state index in [0.29, 0.717) is 12.1 Å². The lowest BCUT2D eigenvalue weighted by atomic mass is 10.0. The van der Waals surface area contributed by atoms with Gasteiger partial charge in [-0.1, -0.05) is 30.7 Å². The Kier molecular flexibility index (Phi) is 5.43. The van der Waals surface area contributed by atoms with Crippen LogP contribution in [0.2, 0.25) is 0 Å². The van der Waals surface area contributed by atoms with Gasteiger partial charge in [0.05, 0.1) is 5.56 Å². The summed E-state index contributed by atoms with van der Waals surface area (Å²) in [5.74, 6) is -0.181. The topological polar surface area (TPSA) is 65.2 Å². The quantitative estimate of drug-likeness (QED) is 0.886. The lowest BCUT2D eigenvalue weighted by Gasteiger charge is -2.27. The number of hydrogen-bond donors (Lipinski definition) is 2. The van der Waals surface area contributed by atoms with Crippen LogP contribution in [0.1, 0.15) is 40.7 Å². The van der Waals surface area contributed by atoms with Gasteiger partial charge in [-0.3, -0.25) is 14.5 Å². The van der Waals surface area contributed by atoms with Crippen LogP contribution in [0.25, 0.3) is 0 Å². The molecule has 1 fully saturated rings. The van der Waals surface area contributed by atoms with Gasteiger partial charge in [0, 0.05) is 25.4 Å². The number of carbonyl (C=O) groups excluding carboxylic acids is 1. The lowest BCUT2D eigenvalue weighted by molar-refractivity contribution is 0.0950. The van der Waals surface area contributed by atoms with Gasteiger partial charge in [0.25, 0.3) is 5.91 Å². The van der Waals surface area contributed by atoms with Gasteiger partial charge in [-0.25, -0.2) is 0 Å². The number of carbonyl (C=O) groups is 1. The van der Waals surface area contributed by atoms with E-state index in [1.165, 1.54) is 43.2 Å². The molecular weight excluding hydrogens is 302 g/mol. The van der Waals surface area contributed by atoms with Crippen LogP contribution >= 0.6 is 0 Å². The summed E-state index contributed by atoms with van der Waals surface area (Å²) in [7, 11) is 0. The highest BCUT2D eigenvalue weighted by molar-refractivity contribution is 5.93. The normalized spacial score (nSPS) is 15.2. The molecule has 1 aromatic heterocycles. The molecule has 1 aliphatic heterocycles. The fraction of sp³-hybridized carbons (Fsp3) is 0.368. The van der Waals surface area contributed by atoms with Crippen LogP contribution in [0.4, 0.5) is 0 Å². The third-order valence-corrected chi connectivity index (χ3v) is 4.45. The van der Waals surface area contributed by atoms with E-state index in [0.717, 1.165) is 25.2 Å². The van der Waals surface area contributed by atoms with Gasteiger partial charge < -0.3 is 10.3 Å². The molecule has 126 valence electrons. The zero-order chi connectivity index (χ0) is 16.8. The van der Waals surface area contributed by atoms with E-state index in [-0.39, 0.29) is 11.5 Å². The Balaban J connectivity index is 1.63. The molecule has 0 atom stereocenters. The largest absolute Gasteiger partial charge is 0.348 e. The van der Waals surface area contributed by atoms with Crippen molar-refractivity contribution in [3.05, 3.63) is 69.6 Å². The first kappa shape index (κ1) is 16.5. The van der Waals surface area contributed by atoms with E-state index < -0.39 is 0 Å². The van der Waals surface area contributed by atoms with Crippen LogP contribution in [0.3, 0.4) is 0 Å². The minimum Gasteiger partial charge on any atom is -0.348 e. The number of nitrogens with zero attached hydrogens (tertiary/aromatic N) is 1. The van der Waals surface area contributed by atoms with E-state index >= 15 is 0 Å². The SMILES string of the molecule is O=C(NCc1ccccc1CN1CCCCC1)c1ccc(=O)[nH]c1. The molecule has 0 radical (unpaired) electrons. The maximum atomic E-state index is 12.2. The summed E-state index contributed by atoms with van der Waals surface area (Å²) in [6.45, 7) is 3.73.